The molecule has 0 radical (unpaired) electrons. The van der Waals surface area contributed by atoms with Gasteiger partial charge in [0.25, 0.3) is 5.91 Å². The van der Waals surface area contributed by atoms with Gasteiger partial charge in [0.2, 0.25) is 5.91 Å². The molecule has 1 aromatic heterocycles. The van der Waals surface area contributed by atoms with Crippen molar-refractivity contribution in [3.8, 4) is 0 Å². The smallest absolute Gasteiger partial charge is 0.334 e. The Hall–Kier alpha value is -3.39. The van der Waals surface area contributed by atoms with E-state index in [0.717, 1.165) is 12.0 Å². The maximum atomic E-state index is 13.5. The Morgan fingerprint density at radius 1 is 1.06 bits per heavy atom. The zero-order chi connectivity index (χ0) is 23.6. The van der Waals surface area contributed by atoms with Gasteiger partial charge in [0.05, 0.1) is 5.57 Å². The van der Waals surface area contributed by atoms with Crippen molar-refractivity contribution in [2.75, 3.05) is 11.9 Å². The number of thiophene rings is 1. The van der Waals surface area contributed by atoms with Crippen LogP contribution in [0.3, 0.4) is 0 Å². The van der Waals surface area contributed by atoms with E-state index in [1.165, 1.54) is 29.1 Å². The first-order valence-electron chi connectivity index (χ1n) is 10.3. The Balaban J connectivity index is 1.56. The van der Waals surface area contributed by atoms with Crippen molar-refractivity contribution in [3.63, 3.8) is 0 Å². The Kier molecular flexibility index (Phi) is 6.37. The monoisotopic (exact) mass is 470 g/mol. The van der Waals surface area contributed by atoms with Gasteiger partial charge in [-0.2, -0.15) is 13.2 Å². The molecule has 0 aliphatic carbocycles. The van der Waals surface area contributed by atoms with E-state index in [9.17, 15) is 22.8 Å². The molecule has 2 heterocycles. The molecule has 8 heteroatoms. The highest BCUT2D eigenvalue weighted by atomic mass is 32.1. The molecule has 2 aromatic carbocycles. The van der Waals surface area contributed by atoms with E-state index in [2.05, 4.69) is 5.32 Å². The van der Waals surface area contributed by atoms with Gasteiger partial charge in [-0.3, -0.25) is 9.59 Å². The van der Waals surface area contributed by atoms with E-state index >= 15 is 0 Å². The first kappa shape index (κ1) is 22.8. The summed E-state index contributed by atoms with van der Waals surface area (Å²) in [7, 11) is 0. The van der Waals surface area contributed by atoms with Gasteiger partial charge in [0.1, 0.15) is 0 Å². The number of amides is 2. The maximum absolute atomic E-state index is 13.5. The zero-order valence-electron chi connectivity index (χ0n) is 17.8. The fourth-order valence-corrected chi connectivity index (χ4v) is 4.73. The van der Waals surface area contributed by atoms with E-state index in [1.807, 2.05) is 11.4 Å². The number of alkyl halides is 3. The molecular formula is C25H21F3N2O2S. The van der Waals surface area contributed by atoms with Crippen molar-refractivity contribution in [1.29, 1.82) is 0 Å². The summed E-state index contributed by atoms with van der Waals surface area (Å²) < 4.78 is 40.6. The Labute approximate surface area is 193 Å². The standard InChI is InChI=1S/C25H21F3N2O2S/c1-16-19(24(32)30-12-10-22-18(15-30)11-13-33-22)8-5-9-21(16)29-23(31)14-20(25(26,27)28)17-6-3-2-4-7-17/h2-9,11,13-14H,10,12,15H2,1H3,(H,29,31)/b20-14-. The number of carbonyl (C=O) groups excluding carboxylic acids is 2. The maximum Gasteiger partial charge on any atom is 0.417 e. The quantitative estimate of drug-likeness (QED) is 0.487. The van der Waals surface area contributed by atoms with E-state index in [-0.39, 0.29) is 11.5 Å². The van der Waals surface area contributed by atoms with Gasteiger partial charge in [-0.1, -0.05) is 36.4 Å². The Bertz CT molecular complexity index is 1220. The van der Waals surface area contributed by atoms with Crippen LogP contribution in [0.1, 0.15) is 31.9 Å². The number of nitrogens with one attached hydrogen (secondary N) is 1. The van der Waals surface area contributed by atoms with Gasteiger partial charge < -0.3 is 10.2 Å². The summed E-state index contributed by atoms with van der Waals surface area (Å²) in [5.74, 6) is -1.09. The predicted octanol–water partition coefficient (Wildman–Crippen LogP) is 5.84. The number of rotatable bonds is 4. The molecule has 0 unspecified atom stereocenters. The molecule has 1 N–H and O–H groups in total. The zero-order valence-corrected chi connectivity index (χ0v) is 18.6. The Morgan fingerprint density at radius 2 is 1.82 bits per heavy atom. The van der Waals surface area contributed by atoms with Crippen molar-refractivity contribution in [1.82, 2.24) is 4.90 Å². The number of fused-ring (bicyclic) bond motifs is 1. The molecule has 4 rings (SSSR count). The van der Waals surface area contributed by atoms with Gasteiger partial charge in [-0.15, -0.1) is 11.3 Å². The van der Waals surface area contributed by atoms with Crippen LogP contribution >= 0.6 is 11.3 Å². The van der Waals surface area contributed by atoms with E-state index in [0.29, 0.717) is 36.0 Å². The second-order valence-electron chi connectivity index (χ2n) is 7.73. The summed E-state index contributed by atoms with van der Waals surface area (Å²) in [5, 5.41) is 4.52. The van der Waals surface area contributed by atoms with E-state index < -0.39 is 17.7 Å². The number of hydrogen-bond acceptors (Lipinski definition) is 3. The van der Waals surface area contributed by atoms with Crippen molar-refractivity contribution in [3.05, 3.63) is 93.2 Å². The molecule has 0 atom stereocenters. The average molecular weight is 471 g/mol. The molecule has 1 aliphatic rings. The molecule has 0 saturated carbocycles. The Morgan fingerprint density at radius 3 is 2.55 bits per heavy atom. The number of halogens is 3. The van der Waals surface area contributed by atoms with Gasteiger partial charge in [0.15, 0.2) is 0 Å². The second-order valence-corrected chi connectivity index (χ2v) is 8.74. The summed E-state index contributed by atoms with van der Waals surface area (Å²) in [5.41, 5.74) is 1.21. The third-order valence-corrected chi connectivity index (χ3v) is 6.61. The molecule has 2 amide bonds. The lowest BCUT2D eigenvalue weighted by Gasteiger charge is -2.28. The third kappa shape index (κ3) is 5.01. The molecule has 4 nitrogen and oxygen atoms in total. The van der Waals surface area contributed by atoms with Gasteiger partial charge >= 0.3 is 6.18 Å². The fraction of sp³-hybridized carbons (Fsp3) is 0.200. The van der Waals surface area contributed by atoms with E-state index in [4.69, 9.17) is 0 Å². The summed E-state index contributed by atoms with van der Waals surface area (Å²) in [6.45, 7) is 2.79. The second kappa shape index (κ2) is 9.23. The van der Waals surface area contributed by atoms with Crippen LogP contribution in [0.15, 0.2) is 66.1 Å². The van der Waals surface area contributed by atoms with Gasteiger partial charge in [0, 0.05) is 35.3 Å². The topological polar surface area (TPSA) is 49.4 Å². The lowest BCUT2D eigenvalue weighted by atomic mass is 10.0. The van der Waals surface area contributed by atoms with Gasteiger partial charge in [-0.25, -0.2) is 0 Å². The molecule has 0 bridgehead atoms. The minimum atomic E-state index is -4.69. The fourth-order valence-electron chi connectivity index (χ4n) is 3.84. The first-order chi connectivity index (χ1) is 15.7. The highest BCUT2D eigenvalue weighted by Crippen LogP contribution is 2.34. The highest BCUT2D eigenvalue weighted by Gasteiger charge is 2.35. The molecule has 170 valence electrons. The normalized spacial score (nSPS) is 14.1. The largest absolute Gasteiger partial charge is 0.417 e. The molecule has 0 spiro atoms. The molecule has 33 heavy (non-hydrogen) atoms. The van der Waals surface area contributed by atoms with E-state index in [1.54, 1.807) is 47.4 Å². The van der Waals surface area contributed by atoms with Crippen LogP contribution in [0.5, 0.6) is 0 Å². The van der Waals surface area contributed by atoms with Crippen molar-refractivity contribution >= 4 is 34.4 Å². The van der Waals surface area contributed by atoms with Crippen molar-refractivity contribution in [2.45, 2.75) is 26.1 Å². The number of carbonyl (C=O) groups is 2. The van der Waals surface area contributed by atoms with Gasteiger partial charge in [-0.05, 0) is 53.6 Å². The SMILES string of the molecule is Cc1c(NC(=O)/C=C(/c2ccccc2)C(F)(F)F)cccc1C(=O)N1CCc2sccc2C1. The number of anilines is 1. The summed E-state index contributed by atoms with van der Waals surface area (Å²) in [4.78, 5) is 28.7. The number of hydrogen-bond donors (Lipinski definition) is 1. The number of allylic oxidation sites excluding steroid dienone is 1. The summed E-state index contributed by atoms with van der Waals surface area (Å²) >= 11 is 1.68. The third-order valence-electron chi connectivity index (χ3n) is 5.58. The number of nitrogens with zero attached hydrogens (tertiary/aromatic N) is 1. The minimum Gasteiger partial charge on any atom is -0.334 e. The van der Waals surface area contributed by atoms with Crippen molar-refractivity contribution in [2.24, 2.45) is 0 Å². The van der Waals surface area contributed by atoms with Crippen LogP contribution in [-0.4, -0.2) is 29.4 Å². The lowest BCUT2D eigenvalue weighted by molar-refractivity contribution is -0.112. The average Bonchev–Trinajstić information content (AvgIpc) is 3.26. The van der Waals surface area contributed by atoms with Crippen LogP contribution in [0.2, 0.25) is 0 Å². The van der Waals surface area contributed by atoms with Crippen molar-refractivity contribution < 1.29 is 22.8 Å². The highest BCUT2D eigenvalue weighted by molar-refractivity contribution is 7.10. The summed E-state index contributed by atoms with van der Waals surface area (Å²) in [6.07, 6.45) is -3.36. The van der Waals surface area contributed by atoms with Crippen LogP contribution < -0.4 is 5.32 Å². The molecular weight excluding hydrogens is 449 g/mol. The van der Waals surface area contributed by atoms with Crippen LogP contribution in [-0.2, 0) is 17.8 Å². The van der Waals surface area contributed by atoms with Crippen LogP contribution in [0, 0.1) is 6.92 Å². The minimum absolute atomic E-state index is 0.0984. The molecule has 0 fully saturated rings. The first-order valence-corrected chi connectivity index (χ1v) is 11.2. The predicted molar refractivity (Wildman–Crippen MR) is 123 cm³/mol. The molecule has 1 aliphatic heterocycles. The lowest BCUT2D eigenvalue weighted by Crippen LogP contribution is -2.35. The molecule has 0 saturated heterocycles. The number of benzene rings is 2. The molecule has 3 aromatic rings. The summed E-state index contributed by atoms with van der Waals surface area (Å²) in [6, 6.07) is 14.0. The van der Waals surface area contributed by atoms with Crippen LogP contribution in [0.25, 0.3) is 5.57 Å². The van der Waals surface area contributed by atoms with Crippen LogP contribution in [0.4, 0.5) is 18.9 Å².